The maximum Gasteiger partial charge on any atom is 0.262 e. The number of rotatable bonds is 5. The SMILES string of the molecule is N#Cc1ccccc1OC1=C(NS(=O)(=O)c2ccccc2)C(=O)c2ccccc2C1=O. The molecule has 7 nitrogen and oxygen atoms in total. The number of Topliss-reactive ketones (excluding diaryl/α,β-unsaturated/α-hetero) is 2. The first-order valence-electron chi connectivity index (χ1n) is 9.10. The number of ether oxygens (including phenoxy) is 1. The van der Waals surface area contributed by atoms with Crippen LogP contribution in [0.1, 0.15) is 26.3 Å². The van der Waals surface area contributed by atoms with Gasteiger partial charge in [-0.2, -0.15) is 5.26 Å². The summed E-state index contributed by atoms with van der Waals surface area (Å²) in [5.74, 6) is -1.85. The van der Waals surface area contributed by atoms with Gasteiger partial charge in [0.15, 0.2) is 0 Å². The molecule has 31 heavy (non-hydrogen) atoms. The van der Waals surface area contributed by atoms with E-state index in [4.69, 9.17) is 4.74 Å². The Kier molecular flexibility index (Phi) is 5.11. The highest BCUT2D eigenvalue weighted by Gasteiger charge is 2.36. The second-order valence-corrected chi connectivity index (χ2v) is 8.22. The normalized spacial score (nSPS) is 13.4. The number of allylic oxidation sites excluding steroid dienone is 2. The molecule has 0 saturated carbocycles. The predicted molar refractivity (Wildman–Crippen MR) is 111 cm³/mol. The minimum absolute atomic E-state index is 0.0249. The molecule has 0 unspecified atom stereocenters. The van der Waals surface area contributed by atoms with Crippen molar-refractivity contribution in [3.63, 3.8) is 0 Å². The fraction of sp³-hybridized carbons (Fsp3) is 0. The first kappa shape index (κ1) is 20.1. The molecule has 0 heterocycles. The number of nitrogens with one attached hydrogen (secondary N) is 1. The monoisotopic (exact) mass is 430 g/mol. The fourth-order valence-corrected chi connectivity index (χ4v) is 4.18. The van der Waals surface area contributed by atoms with Crippen molar-refractivity contribution in [2.75, 3.05) is 0 Å². The standard InChI is InChI=1S/C23H14N2O5S/c24-14-15-8-4-7-13-19(15)30-23-20(25-31(28,29)16-9-2-1-3-10-16)21(26)17-11-5-6-12-18(17)22(23)27/h1-13,25H. The zero-order chi connectivity index (χ0) is 22.0. The Balaban J connectivity index is 1.87. The first-order chi connectivity index (χ1) is 14.9. The summed E-state index contributed by atoms with van der Waals surface area (Å²) in [6.45, 7) is 0. The molecule has 0 saturated heterocycles. The van der Waals surface area contributed by atoms with Crippen molar-refractivity contribution < 1.29 is 22.7 Å². The van der Waals surface area contributed by atoms with Crippen LogP contribution in [0.15, 0.2) is 95.2 Å². The van der Waals surface area contributed by atoms with Gasteiger partial charge >= 0.3 is 0 Å². The number of sulfonamides is 1. The number of benzene rings is 3. The van der Waals surface area contributed by atoms with E-state index >= 15 is 0 Å². The second kappa shape index (κ2) is 7.89. The first-order valence-corrected chi connectivity index (χ1v) is 10.6. The van der Waals surface area contributed by atoms with E-state index in [1.54, 1.807) is 30.3 Å². The van der Waals surface area contributed by atoms with Gasteiger partial charge < -0.3 is 4.74 Å². The predicted octanol–water partition coefficient (Wildman–Crippen LogP) is 3.21. The van der Waals surface area contributed by atoms with E-state index in [2.05, 4.69) is 4.72 Å². The van der Waals surface area contributed by atoms with Crippen molar-refractivity contribution in [3.8, 4) is 11.8 Å². The molecule has 1 aliphatic rings. The van der Waals surface area contributed by atoms with E-state index in [1.807, 2.05) is 6.07 Å². The van der Waals surface area contributed by atoms with Crippen molar-refractivity contribution in [1.82, 2.24) is 4.72 Å². The van der Waals surface area contributed by atoms with Crippen LogP contribution in [0.5, 0.6) is 5.75 Å². The zero-order valence-electron chi connectivity index (χ0n) is 15.9. The van der Waals surface area contributed by atoms with Crippen LogP contribution in [0.25, 0.3) is 0 Å². The highest BCUT2D eigenvalue weighted by Crippen LogP contribution is 2.29. The van der Waals surface area contributed by atoms with Gasteiger partial charge in [0.2, 0.25) is 17.3 Å². The van der Waals surface area contributed by atoms with Gasteiger partial charge in [-0.3, -0.25) is 14.3 Å². The Morgan fingerprint density at radius 2 is 1.35 bits per heavy atom. The van der Waals surface area contributed by atoms with Crippen LogP contribution in [0.4, 0.5) is 0 Å². The van der Waals surface area contributed by atoms with Gasteiger partial charge in [-0.05, 0) is 24.3 Å². The molecular formula is C23H14N2O5S. The third-order valence-electron chi connectivity index (χ3n) is 4.59. The number of hydrogen-bond donors (Lipinski definition) is 1. The molecule has 4 rings (SSSR count). The molecule has 152 valence electrons. The van der Waals surface area contributed by atoms with Crippen LogP contribution in [-0.2, 0) is 10.0 Å². The van der Waals surface area contributed by atoms with Crippen molar-refractivity contribution >= 4 is 21.6 Å². The Morgan fingerprint density at radius 3 is 2.03 bits per heavy atom. The number of nitrogens with zero attached hydrogens (tertiary/aromatic N) is 1. The van der Waals surface area contributed by atoms with Crippen LogP contribution in [0.2, 0.25) is 0 Å². The van der Waals surface area contributed by atoms with Crippen molar-refractivity contribution in [3.05, 3.63) is 107 Å². The van der Waals surface area contributed by atoms with Gasteiger partial charge in [-0.25, -0.2) is 8.42 Å². The fourth-order valence-electron chi connectivity index (χ4n) is 3.09. The lowest BCUT2D eigenvalue weighted by molar-refractivity contribution is 0.0933. The third kappa shape index (κ3) is 3.70. The number of hydrogen-bond acceptors (Lipinski definition) is 6. The van der Waals surface area contributed by atoms with E-state index in [0.717, 1.165) is 0 Å². The van der Waals surface area contributed by atoms with E-state index in [0.29, 0.717) is 0 Å². The molecule has 0 aliphatic heterocycles. The van der Waals surface area contributed by atoms with Gasteiger partial charge in [0.05, 0.1) is 10.5 Å². The van der Waals surface area contributed by atoms with Gasteiger partial charge in [0, 0.05) is 11.1 Å². The topological polar surface area (TPSA) is 113 Å². The lowest BCUT2D eigenvalue weighted by atomic mass is 9.91. The number of carbonyl (C=O) groups is 2. The van der Waals surface area contributed by atoms with Gasteiger partial charge in [0.25, 0.3) is 10.0 Å². The lowest BCUT2D eigenvalue weighted by Gasteiger charge is -2.22. The van der Waals surface area contributed by atoms with E-state index in [1.165, 1.54) is 48.5 Å². The average molecular weight is 430 g/mol. The molecule has 8 heteroatoms. The summed E-state index contributed by atoms with van der Waals surface area (Å²) in [6.07, 6.45) is 0. The van der Waals surface area contributed by atoms with Crippen LogP contribution in [-0.4, -0.2) is 20.0 Å². The summed E-state index contributed by atoms with van der Waals surface area (Å²) < 4.78 is 33.6. The summed E-state index contributed by atoms with van der Waals surface area (Å²) >= 11 is 0. The molecule has 0 spiro atoms. The summed E-state index contributed by atoms with van der Waals surface area (Å²) in [5, 5.41) is 9.32. The highest BCUT2D eigenvalue weighted by atomic mass is 32.2. The molecule has 3 aromatic carbocycles. The van der Waals surface area contributed by atoms with Gasteiger partial charge in [-0.15, -0.1) is 0 Å². The summed E-state index contributed by atoms with van der Waals surface area (Å²) in [5.41, 5.74) is -0.251. The summed E-state index contributed by atoms with van der Waals surface area (Å²) in [7, 11) is -4.19. The molecule has 0 aromatic heterocycles. The molecule has 0 fully saturated rings. The third-order valence-corrected chi connectivity index (χ3v) is 5.95. The van der Waals surface area contributed by atoms with Crippen LogP contribution >= 0.6 is 0 Å². The quantitative estimate of drug-likeness (QED) is 0.665. The maximum absolute atomic E-state index is 13.1. The number of ketones is 2. The largest absolute Gasteiger partial charge is 0.449 e. The minimum atomic E-state index is -4.19. The highest BCUT2D eigenvalue weighted by molar-refractivity contribution is 7.89. The summed E-state index contributed by atoms with van der Waals surface area (Å²) in [4.78, 5) is 26.2. The van der Waals surface area contributed by atoms with E-state index in [-0.39, 0.29) is 27.3 Å². The van der Waals surface area contributed by atoms with E-state index in [9.17, 15) is 23.3 Å². The molecular weight excluding hydrogens is 416 g/mol. The second-order valence-electron chi connectivity index (χ2n) is 6.54. The Labute approximate surface area is 178 Å². The average Bonchev–Trinajstić information content (AvgIpc) is 2.80. The number of para-hydroxylation sites is 1. The molecule has 0 atom stereocenters. The van der Waals surface area contributed by atoms with Gasteiger partial charge in [-0.1, -0.05) is 54.6 Å². The summed E-state index contributed by atoms with van der Waals surface area (Å²) in [6, 6.07) is 21.6. The molecule has 1 N–H and O–H groups in total. The Morgan fingerprint density at radius 1 is 0.774 bits per heavy atom. The molecule has 0 radical (unpaired) electrons. The molecule has 1 aliphatic carbocycles. The molecule has 0 bridgehead atoms. The number of fused-ring (bicyclic) bond motifs is 1. The molecule has 3 aromatic rings. The van der Waals surface area contributed by atoms with E-state index < -0.39 is 33.0 Å². The van der Waals surface area contributed by atoms with Crippen molar-refractivity contribution in [2.24, 2.45) is 0 Å². The Bertz CT molecular complexity index is 1390. The lowest BCUT2D eigenvalue weighted by Crippen LogP contribution is -2.35. The van der Waals surface area contributed by atoms with Crippen LogP contribution in [0.3, 0.4) is 0 Å². The Hall–Kier alpha value is -4.22. The van der Waals surface area contributed by atoms with Gasteiger partial charge in [0.1, 0.15) is 17.5 Å². The van der Waals surface area contributed by atoms with Crippen molar-refractivity contribution in [2.45, 2.75) is 4.90 Å². The van der Waals surface area contributed by atoms with Crippen molar-refractivity contribution in [1.29, 1.82) is 5.26 Å². The zero-order valence-corrected chi connectivity index (χ0v) is 16.7. The minimum Gasteiger partial charge on any atom is -0.449 e. The van der Waals surface area contributed by atoms with Crippen LogP contribution in [0, 0.1) is 11.3 Å². The molecule has 0 amide bonds. The number of nitriles is 1. The smallest absolute Gasteiger partial charge is 0.262 e. The number of carbonyl (C=O) groups excluding carboxylic acids is 2. The van der Waals surface area contributed by atoms with Crippen LogP contribution < -0.4 is 9.46 Å². The maximum atomic E-state index is 13.1.